The molecular formula is C50H93NO5. The standard InChI is InChI=1S/C50H93NO5/c1-4-7-10-13-16-19-22-24-25-28-31-34-37-40-43-50(55)56-46(41-38-35-32-29-27-23-20-17-14-11-8-5-2)44-49(54)51-47(45-52)48(53)42-39-36-33-30-26-21-18-15-12-9-6-3/h7,10,16,19,29,32,46-48,52-53H,4-6,8-9,11-15,17-18,20-28,30-31,33-45H2,1-3H3,(H,51,54)/b10-7+,19-16+,32-29-. The van der Waals surface area contributed by atoms with Crippen molar-refractivity contribution >= 4 is 11.9 Å². The van der Waals surface area contributed by atoms with Crippen molar-refractivity contribution < 1.29 is 24.5 Å². The molecule has 0 aromatic carbocycles. The largest absolute Gasteiger partial charge is 0.462 e. The average molecular weight is 788 g/mol. The Morgan fingerprint density at radius 1 is 0.536 bits per heavy atom. The van der Waals surface area contributed by atoms with Crippen molar-refractivity contribution in [3.05, 3.63) is 36.5 Å². The van der Waals surface area contributed by atoms with Crippen LogP contribution in [0.5, 0.6) is 0 Å². The van der Waals surface area contributed by atoms with Crippen molar-refractivity contribution in [3.8, 4) is 0 Å². The molecule has 0 aromatic rings. The zero-order valence-electron chi connectivity index (χ0n) is 37.3. The van der Waals surface area contributed by atoms with Gasteiger partial charge in [-0.2, -0.15) is 0 Å². The van der Waals surface area contributed by atoms with Crippen LogP contribution in [0.2, 0.25) is 0 Å². The summed E-state index contributed by atoms with van der Waals surface area (Å²) < 4.78 is 5.89. The third-order valence-electron chi connectivity index (χ3n) is 11.0. The van der Waals surface area contributed by atoms with Crippen LogP contribution >= 0.6 is 0 Å². The Bertz CT molecular complexity index is 930. The van der Waals surface area contributed by atoms with E-state index >= 15 is 0 Å². The summed E-state index contributed by atoms with van der Waals surface area (Å²) in [4.78, 5) is 26.0. The predicted molar refractivity (Wildman–Crippen MR) is 241 cm³/mol. The maximum absolute atomic E-state index is 13.1. The van der Waals surface area contributed by atoms with E-state index in [-0.39, 0.29) is 24.9 Å². The first-order valence-electron chi connectivity index (χ1n) is 24.2. The van der Waals surface area contributed by atoms with Crippen LogP contribution in [0.15, 0.2) is 36.5 Å². The van der Waals surface area contributed by atoms with E-state index < -0.39 is 18.2 Å². The number of allylic oxidation sites excluding steroid dienone is 6. The number of unbranched alkanes of at least 4 members (excludes halogenated alkanes) is 25. The summed E-state index contributed by atoms with van der Waals surface area (Å²) in [6.07, 6.45) is 50.6. The van der Waals surface area contributed by atoms with Crippen molar-refractivity contribution in [2.24, 2.45) is 0 Å². The van der Waals surface area contributed by atoms with Gasteiger partial charge in [-0.05, 0) is 70.6 Å². The summed E-state index contributed by atoms with van der Waals surface area (Å²) in [5, 5.41) is 23.7. The van der Waals surface area contributed by atoms with Gasteiger partial charge >= 0.3 is 5.97 Å². The smallest absolute Gasteiger partial charge is 0.306 e. The Morgan fingerprint density at radius 3 is 1.50 bits per heavy atom. The highest BCUT2D eigenvalue weighted by atomic mass is 16.5. The molecule has 1 amide bonds. The molecule has 0 aliphatic heterocycles. The van der Waals surface area contributed by atoms with Crippen LogP contribution in [0.1, 0.15) is 245 Å². The second kappa shape index (κ2) is 44.2. The fraction of sp³-hybridized carbons (Fsp3) is 0.840. The van der Waals surface area contributed by atoms with Gasteiger partial charge in [0.1, 0.15) is 6.10 Å². The maximum atomic E-state index is 13.1. The van der Waals surface area contributed by atoms with E-state index in [9.17, 15) is 19.8 Å². The molecule has 3 N–H and O–H groups in total. The second-order valence-electron chi connectivity index (χ2n) is 16.5. The molecule has 0 saturated heterocycles. The van der Waals surface area contributed by atoms with Crippen LogP contribution in [-0.2, 0) is 14.3 Å². The molecule has 56 heavy (non-hydrogen) atoms. The van der Waals surface area contributed by atoms with Gasteiger partial charge in [-0.15, -0.1) is 0 Å². The summed E-state index contributed by atoms with van der Waals surface area (Å²) in [6, 6.07) is -0.707. The van der Waals surface area contributed by atoms with Crippen LogP contribution in [0.4, 0.5) is 0 Å². The number of carbonyl (C=O) groups is 2. The fourth-order valence-electron chi connectivity index (χ4n) is 7.29. The lowest BCUT2D eigenvalue weighted by atomic mass is 10.0. The summed E-state index contributed by atoms with van der Waals surface area (Å²) in [5.41, 5.74) is 0. The van der Waals surface area contributed by atoms with Gasteiger partial charge < -0.3 is 20.3 Å². The number of aliphatic hydroxyl groups excluding tert-OH is 2. The number of rotatable bonds is 43. The van der Waals surface area contributed by atoms with E-state index in [2.05, 4.69) is 62.5 Å². The van der Waals surface area contributed by atoms with Gasteiger partial charge in [0, 0.05) is 6.42 Å². The maximum Gasteiger partial charge on any atom is 0.306 e. The van der Waals surface area contributed by atoms with Gasteiger partial charge in [-0.25, -0.2) is 0 Å². The first-order chi connectivity index (χ1) is 27.5. The number of hydrogen-bond acceptors (Lipinski definition) is 5. The Labute approximate surface area is 347 Å². The average Bonchev–Trinajstić information content (AvgIpc) is 3.19. The Kier molecular flexibility index (Phi) is 42.7. The van der Waals surface area contributed by atoms with Crippen LogP contribution < -0.4 is 5.32 Å². The molecule has 3 atom stereocenters. The number of esters is 1. The highest BCUT2D eigenvalue weighted by molar-refractivity contribution is 5.77. The monoisotopic (exact) mass is 788 g/mol. The lowest BCUT2D eigenvalue weighted by molar-refractivity contribution is -0.151. The molecule has 0 saturated carbocycles. The first-order valence-corrected chi connectivity index (χ1v) is 24.2. The molecule has 3 unspecified atom stereocenters. The van der Waals surface area contributed by atoms with Crippen molar-refractivity contribution in [2.45, 2.75) is 264 Å². The summed E-state index contributed by atoms with van der Waals surface area (Å²) in [5.74, 6) is -0.508. The molecule has 0 aliphatic carbocycles. The molecule has 0 rings (SSSR count). The number of hydrogen-bond donors (Lipinski definition) is 3. The third-order valence-corrected chi connectivity index (χ3v) is 11.0. The normalized spacial score (nSPS) is 13.6. The quantitative estimate of drug-likeness (QED) is 0.0325. The van der Waals surface area contributed by atoms with E-state index in [1.165, 1.54) is 122 Å². The van der Waals surface area contributed by atoms with E-state index in [1.807, 2.05) is 0 Å². The Balaban J connectivity index is 4.61. The molecule has 0 bridgehead atoms. The van der Waals surface area contributed by atoms with Crippen molar-refractivity contribution in [1.29, 1.82) is 0 Å². The lowest BCUT2D eigenvalue weighted by Crippen LogP contribution is -2.46. The lowest BCUT2D eigenvalue weighted by Gasteiger charge is -2.24. The minimum atomic E-state index is -0.792. The molecule has 0 heterocycles. The highest BCUT2D eigenvalue weighted by Crippen LogP contribution is 2.17. The van der Waals surface area contributed by atoms with E-state index in [1.54, 1.807) is 0 Å². The van der Waals surface area contributed by atoms with E-state index in [4.69, 9.17) is 4.74 Å². The number of ether oxygens (including phenoxy) is 1. The minimum Gasteiger partial charge on any atom is -0.462 e. The molecule has 6 heteroatoms. The van der Waals surface area contributed by atoms with E-state index in [0.29, 0.717) is 19.3 Å². The van der Waals surface area contributed by atoms with Gasteiger partial charge in [0.05, 0.1) is 25.2 Å². The van der Waals surface area contributed by atoms with Gasteiger partial charge in [0.25, 0.3) is 0 Å². The van der Waals surface area contributed by atoms with Crippen molar-refractivity contribution in [2.75, 3.05) is 6.61 Å². The molecule has 0 spiro atoms. The fourth-order valence-corrected chi connectivity index (χ4v) is 7.29. The summed E-state index contributed by atoms with van der Waals surface area (Å²) in [6.45, 7) is 6.35. The summed E-state index contributed by atoms with van der Waals surface area (Å²) >= 11 is 0. The van der Waals surface area contributed by atoms with Crippen LogP contribution in [0.25, 0.3) is 0 Å². The van der Waals surface area contributed by atoms with Crippen molar-refractivity contribution in [3.63, 3.8) is 0 Å². The van der Waals surface area contributed by atoms with E-state index in [0.717, 1.165) is 77.0 Å². The zero-order valence-corrected chi connectivity index (χ0v) is 37.3. The highest BCUT2D eigenvalue weighted by Gasteiger charge is 2.24. The van der Waals surface area contributed by atoms with Gasteiger partial charge in [-0.1, -0.05) is 198 Å². The Hall–Kier alpha value is -1.92. The van der Waals surface area contributed by atoms with Crippen LogP contribution in [0.3, 0.4) is 0 Å². The predicted octanol–water partition coefficient (Wildman–Crippen LogP) is 14.1. The second-order valence-corrected chi connectivity index (χ2v) is 16.5. The van der Waals surface area contributed by atoms with Crippen molar-refractivity contribution in [1.82, 2.24) is 5.32 Å². The van der Waals surface area contributed by atoms with Crippen LogP contribution in [-0.4, -0.2) is 46.9 Å². The summed E-state index contributed by atoms with van der Waals surface area (Å²) in [7, 11) is 0. The number of nitrogens with one attached hydrogen (secondary N) is 1. The number of carbonyl (C=O) groups excluding carboxylic acids is 2. The van der Waals surface area contributed by atoms with Gasteiger partial charge in [-0.3, -0.25) is 9.59 Å². The molecule has 0 aliphatic rings. The topological polar surface area (TPSA) is 95.9 Å². The minimum absolute atomic E-state index is 0.0553. The molecule has 0 fully saturated rings. The third kappa shape index (κ3) is 38.9. The molecule has 328 valence electrons. The first kappa shape index (κ1) is 54.1. The molecule has 0 radical (unpaired) electrons. The molecule has 0 aromatic heterocycles. The SMILES string of the molecule is CC/C=C/C/C=C/CCCCCCCCCC(=O)OC(CCC/C=C\CCCCCCCCC)CC(=O)NC(CO)C(O)CCCCCCCCCCCCC. The number of amides is 1. The molecule has 6 nitrogen and oxygen atoms in total. The Morgan fingerprint density at radius 2 is 0.982 bits per heavy atom. The van der Waals surface area contributed by atoms with Crippen LogP contribution in [0, 0.1) is 0 Å². The van der Waals surface area contributed by atoms with Gasteiger partial charge in [0.15, 0.2) is 0 Å². The zero-order chi connectivity index (χ0) is 41.0. The number of aliphatic hydroxyl groups is 2. The van der Waals surface area contributed by atoms with Gasteiger partial charge in [0.2, 0.25) is 5.91 Å². The molecular weight excluding hydrogens is 695 g/mol.